The number of hydrogen-bond acceptors (Lipinski definition) is 5. The van der Waals surface area contributed by atoms with E-state index in [4.69, 9.17) is 28.2 Å². The van der Waals surface area contributed by atoms with Crippen molar-refractivity contribution in [2.24, 2.45) is 7.05 Å². The molecule has 2 aromatic heterocycles. The van der Waals surface area contributed by atoms with Crippen molar-refractivity contribution in [3.63, 3.8) is 0 Å². The van der Waals surface area contributed by atoms with Crippen LogP contribution in [0.1, 0.15) is 0 Å². The van der Waals surface area contributed by atoms with Crippen LogP contribution in [0.4, 0.5) is 11.5 Å². The van der Waals surface area contributed by atoms with Gasteiger partial charge in [0.25, 0.3) is 0 Å². The van der Waals surface area contributed by atoms with Gasteiger partial charge in [-0.15, -0.1) is 5.10 Å². The zero-order valence-electron chi connectivity index (χ0n) is 15.3. The fourth-order valence-electron chi connectivity index (χ4n) is 3.22. The minimum Gasteiger partial charge on any atom is -0.340 e. The highest BCUT2D eigenvalue weighted by atomic mass is 35.5. The molecule has 5 rings (SSSR count). The topological polar surface area (TPSA) is 68.5 Å². The average molecular weight is 421 g/mol. The zero-order chi connectivity index (χ0) is 20.0. The van der Waals surface area contributed by atoms with Crippen LogP contribution >= 0.6 is 23.2 Å². The molecule has 0 atom stereocenters. The second-order valence-electron chi connectivity index (χ2n) is 6.58. The van der Waals surface area contributed by atoms with E-state index < -0.39 is 0 Å². The maximum absolute atomic E-state index is 6.39. The number of aromatic nitrogens is 5. The third-order valence-electron chi connectivity index (χ3n) is 4.65. The van der Waals surface area contributed by atoms with Gasteiger partial charge in [-0.1, -0.05) is 40.5 Å². The maximum Gasteiger partial charge on any atom is 0.163 e. The van der Waals surface area contributed by atoms with Crippen molar-refractivity contribution in [1.29, 1.82) is 0 Å². The minimum absolute atomic E-state index is 0.500. The molecule has 0 spiro atoms. The Morgan fingerprint density at radius 2 is 1.76 bits per heavy atom. The molecule has 8 heteroatoms. The van der Waals surface area contributed by atoms with Crippen LogP contribution in [-0.2, 0) is 7.05 Å². The molecule has 2 heterocycles. The molecular weight excluding hydrogens is 407 g/mol. The van der Waals surface area contributed by atoms with E-state index in [1.807, 2.05) is 55.6 Å². The summed E-state index contributed by atoms with van der Waals surface area (Å²) in [5.41, 5.74) is 4.14. The van der Waals surface area contributed by atoms with Crippen molar-refractivity contribution in [3.8, 4) is 11.4 Å². The Balaban J connectivity index is 1.65. The van der Waals surface area contributed by atoms with Gasteiger partial charge in [0.1, 0.15) is 11.3 Å². The van der Waals surface area contributed by atoms with Gasteiger partial charge < -0.3 is 5.32 Å². The largest absolute Gasteiger partial charge is 0.340 e. The number of para-hydroxylation sites is 1. The highest BCUT2D eigenvalue weighted by molar-refractivity contribution is 6.36. The van der Waals surface area contributed by atoms with E-state index in [0.29, 0.717) is 27.3 Å². The molecule has 0 bridgehead atoms. The lowest BCUT2D eigenvalue weighted by Crippen LogP contribution is -2.00. The Morgan fingerprint density at radius 3 is 2.62 bits per heavy atom. The molecule has 6 nitrogen and oxygen atoms in total. The second-order valence-corrected chi connectivity index (χ2v) is 7.42. The first-order valence-corrected chi connectivity index (χ1v) is 9.63. The zero-order valence-corrected chi connectivity index (χ0v) is 16.8. The molecule has 1 N–H and O–H groups in total. The first-order chi connectivity index (χ1) is 14.1. The minimum atomic E-state index is 0.500. The van der Waals surface area contributed by atoms with Crippen LogP contribution in [0, 0.1) is 0 Å². The fourth-order valence-corrected chi connectivity index (χ4v) is 3.71. The highest BCUT2D eigenvalue weighted by Crippen LogP contribution is 2.32. The van der Waals surface area contributed by atoms with Crippen molar-refractivity contribution in [3.05, 3.63) is 70.7 Å². The Morgan fingerprint density at radius 1 is 0.897 bits per heavy atom. The molecule has 0 fully saturated rings. The van der Waals surface area contributed by atoms with Gasteiger partial charge in [0.2, 0.25) is 0 Å². The summed E-state index contributed by atoms with van der Waals surface area (Å²) in [4.78, 5) is 9.44. The van der Waals surface area contributed by atoms with Crippen LogP contribution in [-0.4, -0.2) is 25.0 Å². The monoisotopic (exact) mass is 420 g/mol. The summed E-state index contributed by atoms with van der Waals surface area (Å²) >= 11 is 12.4. The first-order valence-electron chi connectivity index (χ1n) is 8.87. The van der Waals surface area contributed by atoms with Crippen LogP contribution < -0.4 is 5.32 Å². The summed E-state index contributed by atoms with van der Waals surface area (Å²) in [7, 11) is 1.86. The average Bonchev–Trinajstić information content (AvgIpc) is 3.08. The number of benzene rings is 3. The molecule has 0 saturated heterocycles. The van der Waals surface area contributed by atoms with Gasteiger partial charge in [-0.2, -0.15) is 0 Å². The van der Waals surface area contributed by atoms with Gasteiger partial charge in [0.05, 0.1) is 16.1 Å². The van der Waals surface area contributed by atoms with E-state index in [9.17, 15) is 0 Å². The van der Waals surface area contributed by atoms with E-state index in [2.05, 4.69) is 20.6 Å². The van der Waals surface area contributed by atoms with Crippen LogP contribution in [0.25, 0.3) is 33.3 Å². The first kappa shape index (κ1) is 17.8. The molecule has 0 aliphatic carbocycles. The maximum atomic E-state index is 6.39. The van der Waals surface area contributed by atoms with Gasteiger partial charge in [-0.3, -0.25) is 0 Å². The summed E-state index contributed by atoms with van der Waals surface area (Å²) in [5.74, 6) is 1.20. The van der Waals surface area contributed by atoms with Crippen molar-refractivity contribution in [1.82, 2.24) is 25.0 Å². The van der Waals surface area contributed by atoms with Crippen molar-refractivity contribution < 1.29 is 0 Å². The number of rotatable bonds is 3. The van der Waals surface area contributed by atoms with Crippen LogP contribution in [0.3, 0.4) is 0 Å². The van der Waals surface area contributed by atoms with Gasteiger partial charge in [0.15, 0.2) is 5.82 Å². The van der Waals surface area contributed by atoms with E-state index in [0.717, 1.165) is 27.6 Å². The normalized spacial score (nSPS) is 11.3. The molecule has 0 aliphatic heterocycles. The highest BCUT2D eigenvalue weighted by Gasteiger charge is 2.13. The second kappa shape index (κ2) is 6.99. The van der Waals surface area contributed by atoms with Crippen LogP contribution in [0.2, 0.25) is 10.0 Å². The number of aryl methyl sites for hydroxylation is 1. The Labute approximate surface area is 176 Å². The molecule has 142 valence electrons. The fraction of sp³-hybridized carbons (Fsp3) is 0.0476. The summed E-state index contributed by atoms with van der Waals surface area (Å²) < 4.78 is 1.74. The lowest BCUT2D eigenvalue weighted by molar-refractivity contribution is 0.736. The van der Waals surface area contributed by atoms with Gasteiger partial charge in [-0.05, 0) is 48.5 Å². The van der Waals surface area contributed by atoms with E-state index in [1.54, 1.807) is 16.8 Å². The standard InChI is InChI=1S/C21H14Cl2N6/c1-29-19-9-7-13(11-18(19)27-28-29)24-21-15-4-2-3-5-17(15)25-20(26-21)14-8-6-12(22)10-16(14)23/h2-11H,1H3,(H,24,25,26). The molecule has 0 saturated carbocycles. The SMILES string of the molecule is Cn1nnc2cc(Nc3nc(-c4ccc(Cl)cc4Cl)nc4ccccc34)ccc21. The van der Waals surface area contributed by atoms with Gasteiger partial charge in [0, 0.05) is 28.7 Å². The third kappa shape index (κ3) is 3.26. The summed E-state index contributed by atoms with van der Waals surface area (Å²) in [6.07, 6.45) is 0. The number of hydrogen-bond donors (Lipinski definition) is 1. The lowest BCUT2D eigenvalue weighted by Gasteiger charge is -2.12. The summed E-state index contributed by atoms with van der Waals surface area (Å²) in [5, 5.41) is 13.6. The van der Waals surface area contributed by atoms with E-state index in [-0.39, 0.29) is 0 Å². The smallest absolute Gasteiger partial charge is 0.163 e. The number of anilines is 2. The molecule has 29 heavy (non-hydrogen) atoms. The van der Waals surface area contributed by atoms with Crippen LogP contribution in [0.5, 0.6) is 0 Å². The molecule has 0 radical (unpaired) electrons. The number of nitrogens with zero attached hydrogens (tertiary/aromatic N) is 5. The molecule has 5 aromatic rings. The Bertz CT molecular complexity index is 1380. The van der Waals surface area contributed by atoms with Crippen molar-refractivity contribution >= 4 is 56.6 Å². The Kier molecular flexibility index (Phi) is 4.30. The van der Waals surface area contributed by atoms with Gasteiger partial charge >= 0.3 is 0 Å². The van der Waals surface area contributed by atoms with Crippen LogP contribution in [0.15, 0.2) is 60.7 Å². The molecular formula is C21H14Cl2N6. The van der Waals surface area contributed by atoms with Crippen molar-refractivity contribution in [2.45, 2.75) is 0 Å². The van der Waals surface area contributed by atoms with Crippen molar-refractivity contribution in [2.75, 3.05) is 5.32 Å². The number of nitrogens with one attached hydrogen (secondary N) is 1. The van der Waals surface area contributed by atoms with E-state index >= 15 is 0 Å². The predicted octanol–water partition coefficient (Wildman–Crippen LogP) is 5.63. The number of halogens is 2. The quantitative estimate of drug-likeness (QED) is 0.409. The van der Waals surface area contributed by atoms with E-state index in [1.165, 1.54) is 0 Å². The molecule has 3 aromatic carbocycles. The lowest BCUT2D eigenvalue weighted by atomic mass is 10.1. The predicted molar refractivity (Wildman–Crippen MR) is 117 cm³/mol. The number of fused-ring (bicyclic) bond motifs is 2. The van der Waals surface area contributed by atoms with Gasteiger partial charge in [-0.25, -0.2) is 14.6 Å². The summed E-state index contributed by atoms with van der Waals surface area (Å²) in [6, 6.07) is 19.0. The Hall–Kier alpha value is -3.22. The molecule has 0 amide bonds. The molecule has 0 unspecified atom stereocenters. The third-order valence-corrected chi connectivity index (χ3v) is 5.20. The summed E-state index contributed by atoms with van der Waals surface area (Å²) in [6.45, 7) is 0. The molecule has 0 aliphatic rings.